The molecule has 1 aromatic rings. The minimum Gasteiger partial charge on any atom is -0.372 e. The maximum absolute atomic E-state index is 12.5. The third-order valence-electron chi connectivity index (χ3n) is 4.34. The SMILES string of the molecule is CCN(CC)c1ccc(NC(=O)C2=CN3CCS(=O)(=O)N=C3C=C2)cc1. The number of amidine groups is 1. The summed E-state index contributed by atoms with van der Waals surface area (Å²) in [7, 11) is -3.39. The summed E-state index contributed by atoms with van der Waals surface area (Å²) in [4.78, 5) is 16.4. The van der Waals surface area contributed by atoms with Gasteiger partial charge < -0.3 is 15.1 Å². The molecule has 0 saturated heterocycles. The Morgan fingerprint density at radius 1 is 1.19 bits per heavy atom. The molecule has 26 heavy (non-hydrogen) atoms. The highest BCUT2D eigenvalue weighted by Gasteiger charge is 2.25. The lowest BCUT2D eigenvalue weighted by Gasteiger charge is -2.27. The van der Waals surface area contributed by atoms with Gasteiger partial charge >= 0.3 is 0 Å². The van der Waals surface area contributed by atoms with Crippen molar-refractivity contribution in [3.8, 4) is 0 Å². The molecule has 2 aliphatic rings. The molecule has 0 fully saturated rings. The molecule has 7 nitrogen and oxygen atoms in total. The quantitative estimate of drug-likeness (QED) is 0.852. The molecule has 2 aliphatic heterocycles. The zero-order valence-corrected chi connectivity index (χ0v) is 15.7. The van der Waals surface area contributed by atoms with E-state index in [2.05, 4.69) is 28.5 Å². The molecule has 8 heteroatoms. The number of hydrogen-bond acceptors (Lipinski definition) is 5. The van der Waals surface area contributed by atoms with Crippen LogP contribution in [0.25, 0.3) is 0 Å². The summed E-state index contributed by atoms with van der Waals surface area (Å²) in [5.74, 6) is 0.0448. The molecule has 2 heterocycles. The third-order valence-corrected chi connectivity index (χ3v) is 5.50. The number of benzene rings is 1. The van der Waals surface area contributed by atoms with E-state index in [9.17, 15) is 13.2 Å². The van der Waals surface area contributed by atoms with E-state index in [1.807, 2.05) is 24.3 Å². The van der Waals surface area contributed by atoms with Gasteiger partial charge in [0.05, 0.1) is 11.3 Å². The highest BCUT2D eigenvalue weighted by molar-refractivity contribution is 7.90. The summed E-state index contributed by atoms with van der Waals surface area (Å²) in [5.41, 5.74) is 2.28. The summed E-state index contributed by atoms with van der Waals surface area (Å²) in [6.07, 6.45) is 4.76. The first-order chi connectivity index (χ1) is 12.4. The van der Waals surface area contributed by atoms with Gasteiger partial charge in [0.2, 0.25) is 0 Å². The van der Waals surface area contributed by atoms with Gasteiger partial charge in [-0.3, -0.25) is 4.79 Å². The molecule has 0 aromatic heterocycles. The van der Waals surface area contributed by atoms with Crippen molar-refractivity contribution < 1.29 is 13.2 Å². The zero-order chi connectivity index (χ0) is 18.7. The first kappa shape index (κ1) is 18.2. The van der Waals surface area contributed by atoms with E-state index in [1.165, 1.54) is 0 Å². The van der Waals surface area contributed by atoms with Crippen molar-refractivity contribution in [1.29, 1.82) is 0 Å². The van der Waals surface area contributed by atoms with Crippen molar-refractivity contribution in [3.63, 3.8) is 0 Å². The monoisotopic (exact) mass is 374 g/mol. The predicted octanol–water partition coefficient (Wildman–Crippen LogP) is 1.97. The molecule has 138 valence electrons. The average Bonchev–Trinajstić information content (AvgIpc) is 2.63. The number of hydrogen-bond donors (Lipinski definition) is 1. The second-order valence-electron chi connectivity index (χ2n) is 6.02. The smallest absolute Gasteiger partial charge is 0.257 e. The van der Waals surface area contributed by atoms with E-state index >= 15 is 0 Å². The molecule has 0 atom stereocenters. The van der Waals surface area contributed by atoms with Crippen LogP contribution >= 0.6 is 0 Å². The van der Waals surface area contributed by atoms with Gasteiger partial charge in [-0.1, -0.05) is 0 Å². The van der Waals surface area contributed by atoms with Gasteiger partial charge in [-0.25, -0.2) is 8.42 Å². The Kier molecular flexibility index (Phi) is 5.13. The number of nitrogens with one attached hydrogen (secondary N) is 1. The van der Waals surface area contributed by atoms with E-state index in [1.54, 1.807) is 23.3 Å². The molecule has 0 bridgehead atoms. The molecule has 3 rings (SSSR count). The van der Waals surface area contributed by atoms with Crippen LogP contribution in [0.5, 0.6) is 0 Å². The zero-order valence-electron chi connectivity index (χ0n) is 14.8. The largest absolute Gasteiger partial charge is 0.372 e. The highest BCUT2D eigenvalue weighted by atomic mass is 32.2. The fraction of sp³-hybridized carbons (Fsp3) is 0.333. The summed E-state index contributed by atoms with van der Waals surface area (Å²) in [6.45, 7) is 6.35. The van der Waals surface area contributed by atoms with Crippen molar-refractivity contribution in [2.75, 3.05) is 35.6 Å². The van der Waals surface area contributed by atoms with Crippen molar-refractivity contribution in [1.82, 2.24) is 4.90 Å². The van der Waals surface area contributed by atoms with Gasteiger partial charge in [0.15, 0.2) is 0 Å². The van der Waals surface area contributed by atoms with E-state index in [0.717, 1.165) is 18.8 Å². The number of carbonyl (C=O) groups excluding carboxylic acids is 1. The molecule has 0 aliphatic carbocycles. The van der Waals surface area contributed by atoms with E-state index in [-0.39, 0.29) is 11.7 Å². The van der Waals surface area contributed by atoms with Crippen LogP contribution in [-0.2, 0) is 14.8 Å². The van der Waals surface area contributed by atoms with Gasteiger partial charge in [0.25, 0.3) is 15.9 Å². The Labute approximate surface area is 153 Å². The summed E-state index contributed by atoms with van der Waals surface area (Å²) >= 11 is 0. The molecular formula is C18H22N4O3S. The lowest BCUT2D eigenvalue weighted by atomic mass is 10.1. The Bertz CT molecular complexity index is 882. The molecule has 0 spiro atoms. The average molecular weight is 374 g/mol. The number of rotatable bonds is 5. The van der Waals surface area contributed by atoms with Crippen molar-refractivity contribution in [2.24, 2.45) is 4.40 Å². The fourth-order valence-electron chi connectivity index (χ4n) is 2.88. The van der Waals surface area contributed by atoms with Gasteiger partial charge in [-0.05, 0) is 50.3 Å². The van der Waals surface area contributed by atoms with E-state index in [4.69, 9.17) is 0 Å². The van der Waals surface area contributed by atoms with Crippen LogP contribution in [0, 0.1) is 0 Å². The molecule has 1 aromatic carbocycles. The molecule has 0 unspecified atom stereocenters. The summed E-state index contributed by atoms with van der Waals surface area (Å²) < 4.78 is 26.8. The van der Waals surface area contributed by atoms with Crippen LogP contribution in [-0.4, -0.2) is 50.4 Å². The first-order valence-corrected chi connectivity index (χ1v) is 10.2. The van der Waals surface area contributed by atoms with Gasteiger partial charge in [0.1, 0.15) is 5.84 Å². The maximum atomic E-state index is 12.5. The van der Waals surface area contributed by atoms with Gasteiger partial charge in [0, 0.05) is 37.2 Å². The summed E-state index contributed by atoms with van der Waals surface area (Å²) in [6, 6.07) is 7.71. The van der Waals surface area contributed by atoms with Crippen LogP contribution in [0.3, 0.4) is 0 Å². The van der Waals surface area contributed by atoms with Crippen molar-refractivity contribution >= 4 is 33.1 Å². The van der Waals surface area contributed by atoms with Crippen LogP contribution in [0.15, 0.2) is 52.6 Å². The number of amides is 1. The van der Waals surface area contributed by atoms with Gasteiger partial charge in [-0.15, -0.1) is 4.40 Å². The number of nitrogens with zero attached hydrogens (tertiary/aromatic N) is 3. The normalized spacial score (nSPS) is 17.8. The Morgan fingerprint density at radius 3 is 2.54 bits per heavy atom. The number of carbonyl (C=O) groups is 1. The summed E-state index contributed by atoms with van der Waals surface area (Å²) in [5, 5.41) is 2.86. The predicted molar refractivity (Wildman–Crippen MR) is 104 cm³/mol. The third kappa shape index (κ3) is 3.96. The van der Waals surface area contributed by atoms with E-state index < -0.39 is 10.0 Å². The van der Waals surface area contributed by atoms with Crippen LogP contribution in [0.4, 0.5) is 11.4 Å². The maximum Gasteiger partial charge on any atom is 0.257 e. The van der Waals surface area contributed by atoms with Crippen LogP contribution in [0.2, 0.25) is 0 Å². The Hall–Kier alpha value is -2.61. The second-order valence-corrected chi connectivity index (χ2v) is 7.77. The second kappa shape index (κ2) is 7.33. The topological polar surface area (TPSA) is 82.1 Å². The molecular weight excluding hydrogens is 352 g/mol. The minimum atomic E-state index is -3.39. The first-order valence-electron chi connectivity index (χ1n) is 8.57. The van der Waals surface area contributed by atoms with Crippen LogP contribution in [0.1, 0.15) is 13.8 Å². The van der Waals surface area contributed by atoms with Crippen LogP contribution < -0.4 is 10.2 Å². The molecule has 0 saturated carbocycles. The highest BCUT2D eigenvalue weighted by Crippen LogP contribution is 2.20. The Morgan fingerprint density at radius 2 is 1.88 bits per heavy atom. The number of sulfonamides is 1. The minimum absolute atomic E-state index is 0.0530. The standard InChI is InChI=1S/C18H22N4O3S/c1-3-21(4-2)16-8-6-15(7-9-16)19-18(23)14-5-10-17-20-26(24,25)12-11-22(17)13-14/h5-10,13H,3-4,11-12H2,1-2H3,(H,19,23). The van der Waals surface area contributed by atoms with Gasteiger partial charge in [-0.2, -0.15) is 0 Å². The molecule has 0 radical (unpaired) electrons. The molecule has 1 N–H and O–H groups in total. The van der Waals surface area contributed by atoms with E-state index in [0.29, 0.717) is 23.6 Å². The lowest BCUT2D eigenvalue weighted by molar-refractivity contribution is -0.112. The van der Waals surface area contributed by atoms with Crippen molar-refractivity contribution in [2.45, 2.75) is 13.8 Å². The fourth-order valence-corrected chi connectivity index (χ4v) is 3.85. The van der Waals surface area contributed by atoms with Crippen molar-refractivity contribution in [3.05, 3.63) is 48.2 Å². The number of anilines is 2. The Balaban J connectivity index is 1.70. The lowest BCUT2D eigenvalue weighted by Crippen LogP contribution is -2.37. The molecule has 1 amide bonds. The number of fused-ring (bicyclic) bond motifs is 1.